The molecule has 2 N–H and O–H groups in total. The predicted octanol–water partition coefficient (Wildman–Crippen LogP) is 1.32. The largest absolute Gasteiger partial charge is 0.478 e. The van der Waals surface area contributed by atoms with Crippen molar-refractivity contribution in [3.63, 3.8) is 0 Å². The van der Waals surface area contributed by atoms with Gasteiger partial charge in [0.25, 0.3) is 0 Å². The van der Waals surface area contributed by atoms with E-state index in [4.69, 9.17) is 5.11 Å². The van der Waals surface area contributed by atoms with Gasteiger partial charge in [-0.3, -0.25) is 0 Å². The minimum Gasteiger partial charge on any atom is -0.478 e. The average molecular weight is 274 g/mol. The Kier molecular flexibility index (Phi) is 3.23. The zero-order valence-corrected chi connectivity index (χ0v) is 11.5. The van der Waals surface area contributed by atoms with Crippen molar-refractivity contribution in [2.24, 2.45) is 0 Å². The molecule has 20 heavy (non-hydrogen) atoms. The molecule has 1 aromatic carbocycles. The molecule has 1 aliphatic rings. The smallest absolute Gasteiger partial charge is 0.335 e. The number of hydrogen-bond donors (Lipinski definition) is 2. The number of fused-ring (bicyclic) bond motifs is 3. The molecule has 0 radical (unpaired) electrons. The van der Waals surface area contributed by atoms with Crippen molar-refractivity contribution in [3.05, 3.63) is 35.0 Å². The lowest BCUT2D eigenvalue weighted by atomic mass is 10.0. The van der Waals surface area contributed by atoms with Crippen LogP contribution in [-0.4, -0.2) is 45.8 Å². The molecular formula is C15H18N2O3. The topological polar surface area (TPSA) is 65.7 Å². The van der Waals surface area contributed by atoms with Gasteiger partial charge in [-0.1, -0.05) is 0 Å². The number of carboxylic acid groups (broad SMARTS) is 1. The summed E-state index contributed by atoms with van der Waals surface area (Å²) in [6.45, 7) is 2.46. The Morgan fingerprint density at radius 3 is 2.90 bits per heavy atom. The van der Waals surface area contributed by atoms with Crippen LogP contribution >= 0.6 is 0 Å². The van der Waals surface area contributed by atoms with Crippen molar-refractivity contribution in [2.45, 2.75) is 19.5 Å². The monoisotopic (exact) mass is 274 g/mol. The first kappa shape index (κ1) is 13.1. The summed E-state index contributed by atoms with van der Waals surface area (Å²) < 4.78 is 2.13. The number of aromatic nitrogens is 1. The Morgan fingerprint density at radius 2 is 2.20 bits per heavy atom. The number of carboxylic acids is 1. The highest BCUT2D eigenvalue weighted by atomic mass is 16.4. The van der Waals surface area contributed by atoms with Crippen LogP contribution in [0, 0.1) is 0 Å². The van der Waals surface area contributed by atoms with Gasteiger partial charge in [-0.15, -0.1) is 0 Å². The fourth-order valence-electron chi connectivity index (χ4n) is 3.07. The van der Waals surface area contributed by atoms with Crippen molar-refractivity contribution in [1.29, 1.82) is 0 Å². The summed E-state index contributed by atoms with van der Waals surface area (Å²) in [5.74, 6) is -0.903. The quantitative estimate of drug-likeness (QED) is 0.886. The Hall–Kier alpha value is -1.85. The molecule has 0 aliphatic carbocycles. The van der Waals surface area contributed by atoms with Crippen LogP contribution in [0.5, 0.6) is 0 Å². The van der Waals surface area contributed by atoms with Gasteiger partial charge in [0.05, 0.1) is 12.2 Å². The summed E-state index contributed by atoms with van der Waals surface area (Å²) in [6.07, 6.45) is 0.933. The summed E-state index contributed by atoms with van der Waals surface area (Å²) >= 11 is 0. The zero-order valence-electron chi connectivity index (χ0n) is 11.5. The minimum absolute atomic E-state index is 0.0900. The van der Waals surface area contributed by atoms with E-state index in [1.54, 1.807) is 12.1 Å². The van der Waals surface area contributed by atoms with Gasteiger partial charge < -0.3 is 19.7 Å². The van der Waals surface area contributed by atoms with Crippen LogP contribution in [0.4, 0.5) is 0 Å². The van der Waals surface area contributed by atoms with Crippen LogP contribution in [0.15, 0.2) is 18.2 Å². The first-order chi connectivity index (χ1) is 9.61. The maximum Gasteiger partial charge on any atom is 0.335 e. The molecule has 0 atom stereocenters. The Labute approximate surface area is 117 Å². The Balaban J connectivity index is 2.25. The highest BCUT2D eigenvalue weighted by Crippen LogP contribution is 2.31. The van der Waals surface area contributed by atoms with Crippen molar-refractivity contribution < 1.29 is 15.0 Å². The van der Waals surface area contributed by atoms with E-state index in [0.717, 1.165) is 30.4 Å². The number of aromatic carboxylic acids is 1. The average Bonchev–Trinajstić information content (AvgIpc) is 2.73. The van der Waals surface area contributed by atoms with Crippen molar-refractivity contribution in [2.75, 3.05) is 20.2 Å². The second-order valence-electron chi connectivity index (χ2n) is 5.33. The number of aliphatic hydroxyl groups excluding tert-OH is 1. The van der Waals surface area contributed by atoms with Crippen molar-refractivity contribution >= 4 is 16.9 Å². The van der Waals surface area contributed by atoms with Crippen LogP contribution < -0.4 is 0 Å². The summed E-state index contributed by atoms with van der Waals surface area (Å²) in [6, 6.07) is 5.24. The van der Waals surface area contributed by atoms with E-state index in [1.165, 1.54) is 11.3 Å². The molecule has 0 bridgehead atoms. The lowest BCUT2D eigenvalue weighted by Crippen LogP contribution is -2.27. The van der Waals surface area contributed by atoms with Gasteiger partial charge in [-0.05, 0) is 30.8 Å². The lowest BCUT2D eigenvalue weighted by molar-refractivity contribution is 0.0697. The molecule has 1 aromatic heterocycles. The summed E-state index contributed by atoms with van der Waals surface area (Å²) in [5, 5.41) is 19.4. The third-order valence-electron chi connectivity index (χ3n) is 4.02. The zero-order chi connectivity index (χ0) is 14.3. The van der Waals surface area contributed by atoms with E-state index in [1.807, 2.05) is 6.07 Å². The van der Waals surface area contributed by atoms with Gasteiger partial charge in [0.1, 0.15) is 0 Å². The molecule has 0 fully saturated rings. The van der Waals surface area contributed by atoms with E-state index in [2.05, 4.69) is 16.5 Å². The number of benzene rings is 1. The summed E-state index contributed by atoms with van der Waals surface area (Å²) in [5.41, 5.74) is 3.76. The molecule has 106 valence electrons. The fraction of sp³-hybridized carbons (Fsp3) is 0.400. The fourth-order valence-corrected chi connectivity index (χ4v) is 3.07. The number of likely N-dealkylation sites (N-methyl/N-ethyl adjacent to an activating group) is 1. The van der Waals surface area contributed by atoms with Gasteiger partial charge in [0, 0.05) is 42.7 Å². The second kappa shape index (κ2) is 4.92. The van der Waals surface area contributed by atoms with E-state index < -0.39 is 5.97 Å². The van der Waals surface area contributed by atoms with Crippen LogP contribution in [-0.2, 0) is 19.5 Å². The van der Waals surface area contributed by atoms with Gasteiger partial charge in [-0.2, -0.15) is 0 Å². The van der Waals surface area contributed by atoms with Gasteiger partial charge in [0.2, 0.25) is 0 Å². The van der Waals surface area contributed by atoms with Crippen molar-refractivity contribution in [1.82, 2.24) is 9.47 Å². The standard InChI is InChI=1S/C15H18N2O3/c1-16-5-4-14-12(9-16)11-8-10(15(19)20)2-3-13(11)17(14)6-7-18/h2-3,8,18H,4-7,9H2,1H3,(H,19,20). The Bertz CT molecular complexity index is 675. The van der Waals surface area contributed by atoms with Gasteiger partial charge >= 0.3 is 5.97 Å². The van der Waals surface area contributed by atoms with E-state index in [-0.39, 0.29) is 6.61 Å². The molecular weight excluding hydrogens is 256 g/mol. The second-order valence-corrected chi connectivity index (χ2v) is 5.33. The number of hydrogen-bond acceptors (Lipinski definition) is 3. The van der Waals surface area contributed by atoms with E-state index in [9.17, 15) is 9.90 Å². The van der Waals surface area contributed by atoms with Gasteiger partial charge in [-0.25, -0.2) is 4.79 Å². The molecule has 2 aromatic rings. The molecule has 0 unspecified atom stereocenters. The van der Waals surface area contributed by atoms with E-state index in [0.29, 0.717) is 12.1 Å². The van der Waals surface area contributed by atoms with Crippen molar-refractivity contribution in [3.8, 4) is 0 Å². The number of carbonyl (C=O) groups is 1. The van der Waals surface area contributed by atoms with Crippen LogP contribution in [0.1, 0.15) is 21.6 Å². The first-order valence-electron chi connectivity index (χ1n) is 6.78. The maximum atomic E-state index is 11.2. The molecule has 5 heteroatoms. The molecule has 0 amide bonds. The molecule has 0 saturated carbocycles. The van der Waals surface area contributed by atoms with Crippen LogP contribution in [0.2, 0.25) is 0 Å². The number of nitrogens with zero attached hydrogens (tertiary/aromatic N) is 2. The lowest BCUT2D eigenvalue weighted by Gasteiger charge is -2.24. The summed E-state index contributed by atoms with van der Waals surface area (Å²) in [4.78, 5) is 13.4. The third-order valence-corrected chi connectivity index (χ3v) is 4.02. The molecule has 3 rings (SSSR count). The highest BCUT2D eigenvalue weighted by molar-refractivity contribution is 5.95. The molecule has 1 aliphatic heterocycles. The highest BCUT2D eigenvalue weighted by Gasteiger charge is 2.22. The first-order valence-corrected chi connectivity index (χ1v) is 6.78. The minimum atomic E-state index is -0.903. The third kappa shape index (κ3) is 1.99. The number of rotatable bonds is 3. The Morgan fingerprint density at radius 1 is 1.40 bits per heavy atom. The summed E-state index contributed by atoms with van der Waals surface area (Å²) in [7, 11) is 2.07. The maximum absolute atomic E-state index is 11.2. The van der Waals surface area contributed by atoms with E-state index >= 15 is 0 Å². The van der Waals surface area contributed by atoms with Crippen LogP contribution in [0.25, 0.3) is 10.9 Å². The molecule has 0 saturated heterocycles. The molecule has 5 nitrogen and oxygen atoms in total. The SMILES string of the molecule is CN1CCc2c(c3cc(C(=O)O)ccc3n2CCO)C1. The number of aliphatic hydroxyl groups is 1. The predicted molar refractivity (Wildman–Crippen MR) is 76.0 cm³/mol. The normalized spacial score (nSPS) is 15.5. The molecule has 0 spiro atoms. The van der Waals surface area contributed by atoms with Gasteiger partial charge in [0.15, 0.2) is 0 Å². The molecule has 2 heterocycles. The van der Waals surface area contributed by atoms with Crippen LogP contribution in [0.3, 0.4) is 0 Å².